The maximum Gasteiger partial charge on any atom is 0.252 e. The number of likely N-dealkylation sites (tertiary alicyclic amines) is 1. The summed E-state index contributed by atoms with van der Waals surface area (Å²) >= 11 is 0. The van der Waals surface area contributed by atoms with Crippen molar-refractivity contribution in [1.29, 1.82) is 0 Å². The van der Waals surface area contributed by atoms with E-state index in [4.69, 9.17) is 9.72 Å². The zero-order valence-electron chi connectivity index (χ0n) is 17.7. The summed E-state index contributed by atoms with van der Waals surface area (Å²) in [5.41, 5.74) is 2.65. The number of benzene rings is 1. The Hall–Kier alpha value is -2.73. The molecule has 2 aromatic rings. The molecule has 2 fully saturated rings. The van der Waals surface area contributed by atoms with Crippen LogP contribution in [0.1, 0.15) is 59.0 Å². The molecule has 3 heterocycles. The monoisotopic (exact) mass is 407 g/mol. The SMILES string of the molecule is CNC(=O)c1ccc([C@@H]2CCCN2C(=O)C2(c3ccccc3)CCOCC2)nc1C. The van der Waals surface area contributed by atoms with Crippen LogP contribution >= 0.6 is 0 Å². The van der Waals surface area contributed by atoms with Crippen molar-refractivity contribution in [3.05, 3.63) is 65.0 Å². The highest BCUT2D eigenvalue weighted by Crippen LogP contribution is 2.41. The molecule has 2 aliphatic rings. The van der Waals surface area contributed by atoms with E-state index in [2.05, 4.69) is 17.4 Å². The van der Waals surface area contributed by atoms with Crippen LogP contribution in [0.3, 0.4) is 0 Å². The van der Waals surface area contributed by atoms with Crippen LogP contribution in [0.15, 0.2) is 42.5 Å². The van der Waals surface area contributed by atoms with Gasteiger partial charge < -0.3 is 15.0 Å². The zero-order valence-corrected chi connectivity index (χ0v) is 17.7. The summed E-state index contributed by atoms with van der Waals surface area (Å²) in [6, 6.07) is 13.8. The van der Waals surface area contributed by atoms with Crippen LogP contribution < -0.4 is 5.32 Å². The third-order valence-electron chi connectivity index (χ3n) is 6.52. The number of carbonyl (C=O) groups excluding carboxylic acids is 2. The fourth-order valence-corrected chi connectivity index (χ4v) is 4.84. The third-order valence-corrected chi connectivity index (χ3v) is 6.52. The smallest absolute Gasteiger partial charge is 0.252 e. The zero-order chi connectivity index (χ0) is 21.1. The van der Waals surface area contributed by atoms with E-state index in [0.29, 0.717) is 37.3 Å². The highest BCUT2D eigenvalue weighted by molar-refractivity contribution is 5.95. The summed E-state index contributed by atoms with van der Waals surface area (Å²) < 4.78 is 5.61. The number of hydrogen-bond donors (Lipinski definition) is 1. The quantitative estimate of drug-likeness (QED) is 0.845. The van der Waals surface area contributed by atoms with Gasteiger partial charge in [0.25, 0.3) is 5.91 Å². The fraction of sp³-hybridized carbons (Fsp3) is 0.458. The van der Waals surface area contributed by atoms with Gasteiger partial charge in [-0.05, 0) is 50.3 Å². The van der Waals surface area contributed by atoms with E-state index >= 15 is 0 Å². The van der Waals surface area contributed by atoms with Crippen molar-refractivity contribution >= 4 is 11.8 Å². The van der Waals surface area contributed by atoms with Gasteiger partial charge in [0.15, 0.2) is 0 Å². The molecule has 0 radical (unpaired) electrons. The minimum atomic E-state index is -0.542. The van der Waals surface area contributed by atoms with Crippen molar-refractivity contribution in [3.8, 4) is 0 Å². The molecular formula is C24H29N3O3. The maximum atomic E-state index is 14.0. The van der Waals surface area contributed by atoms with E-state index in [-0.39, 0.29) is 17.9 Å². The first-order chi connectivity index (χ1) is 14.6. The lowest BCUT2D eigenvalue weighted by atomic mass is 9.73. The predicted molar refractivity (Wildman–Crippen MR) is 114 cm³/mol. The molecule has 30 heavy (non-hydrogen) atoms. The van der Waals surface area contributed by atoms with Crippen LogP contribution in [0.5, 0.6) is 0 Å². The van der Waals surface area contributed by atoms with Crippen LogP contribution in [-0.4, -0.2) is 48.5 Å². The highest BCUT2D eigenvalue weighted by Gasteiger charge is 2.46. The minimum Gasteiger partial charge on any atom is -0.381 e. The Labute approximate surface area is 177 Å². The minimum absolute atomic E-state index is 0.0571. The summed E-state index contributed by atoms with van der Waals surface area (Å²) in [6.07, 6.45) is 3.23. The highest BCUT2D eigenvalue weighted by atomic mass is 16.5. The van der Waals surface area contributed by atoms with E-state index in [0.717, 1.165) is 30.6 Å². The molecule has 0 spiro atoms. The average molecular weight is 408 g/mol. The Morgan fingerprint density at radius 3 is 2.53 bits per heavy atom. The molecule has 6 heteroatoms. The lowest BCUT2D eigenvalue weighted by Gasteiger charge is -2.40. The second kappa shape index (κ2) is 8.56. The molecular weight excluding hydrogens is 378 g/mol. The third kappa shape index (κ3) is 3.60. The molecule has 0 unspecified atom stereocenters. The molecule has 4 rings (SSSR count). The van der Waals surface area contributed by atoms with Gasteiger partial charge in [0.1, 0.15) is 0 Å². The number of hydrogen-bond acceptors (Lipinski definition) is 4. The number of pyridine rings is 1. The Morgan fingerprint density at radius 2 is 1.87 bits per heavy atom. The van der Waals surface area contributed by atoms with Gasteiger partial charge in [0.2, 0.25) is 5.91 Å². The van der Waals surface area contributed by atoms with Crippen molar-refractivity contribution in [2.45, 2.75) is 44.1 Å². The first-order valence-electron chi connectivity index (χ1n) is 10.7. The number of nitrogens with one attached hydrogen (secondary N) is 1. The van der Waals surface area contributed by atoms with Gasteiger partial charge >= 0.3 is 0 Å². The number of ether oxygens (including phenoxy) is 1. The summed E-state index contributed by atoms with van der Waals surface area (Å²) in [5, 5.41) is 2.65. The number of amides is 2. The average Bonchev–Trinajstić information content (AvgIpc) is 3.29. The van der Waals surface area contributed by atoms with Crippen molar-refractivity contribution in [3.63, 3.8) is 0 Å². The van der Waals surface area contributed by atoms with Crippen LogP contribution in [0.4, 0.5) is 0 Å². The van der Waals surface area contributed by atoms with E-state index in [9.17, 15) is 9.59 Å². The molecule has 1 aromatic carbocycles. The van der Waals surface area contributed by atoms with Crippen molar-refractivity contribution in [2.24, 2.45) is 0 Å². The molecule has 0 bridgehead atoms. The Morgan fingerprint density at radius 1 is 1.13 bits per heavy atom. The van der Waals surface area contributed by atoms with E-state index in [1.54, 1.807) is 7.05 Å². The normalized spacial score (nSPS) is 20.7. The molecule has 1 atom stereocenters. The van der Waals surface area contributed by atoms with Gasteiger partial charge in [-0.2, -0.15) is 0 Å². The largest absolute Gasteiger partial charge is 0.381 e. The molecule has 1 aromatic heterocycles. The van der Waals surface area contributed by atoms with Crippen LogP contribution in [-0.2, 0) is 14.9 Å². The fourth-order valence-electron chi connectivity index (χ4n) is 4.84. The standard InChI is InChI=1S/C24H29N3O3/c1-17-19(22(28)25-2)10-11-20(26-17)21-9-6-14-27(21)23(29)24(12-15-30-16-13-24)18-7-4-3-5-8-18/h3-5,7-8,10-11,21H,6,9,12-16H2,1-2H3,(H,25,28)/t21-/m0/s1. The molecule has 2 amide bonds. The molecule has 2 saturated heterocycles. The van der Waals surface area contributed by atoms with Gasteiger partial charge in [0, 0.05) is 26.8 Å². The molecule has 158 valence electrons. The molecule has 0 saturated carbocycles. The van der Waals surface area contributed by atoms with E-state index in [1.807, 2.05) is 42.2 Å². The summed E-state index contributed by atoms with van der Waals surface area (Å²) in [4.78, 5) is 32.7. The molecule has 2 aliphatic heterocycles. The number of rotatable bonds is 4. The van der Waals surface area contributed by atoms with Crippen molar-refractivity contribution in [2.75, 3.05) is 26.8 Å². The summed E-state index contributed by atoms with van der Waals surface area (Å²) in [7, 11) is 1.62. The van der Waals surface area contributed by atoms with Gasteiger partial charge in [0.05, 0.1) is 28.4 Å². The van der Waals surface area contributed by atoms with Gasteiger partial charge in [-0.3, -0.25) is 14.6 Å². The Bertz CT molecular complexity index is 923. The molecule has 6 nitrogen and oxygen atoms in total. The van der Waals surface area contributed by atoms with E-state index < -0.39 is 5.41 Å². The van der Waals surface area contributed by atoms with Crippen molar-refractivity contribution in [1.82, 2.24) is 15.2 Å². The Kier molecular flexibility index (Phi) is 5.86. The number of aryl methyl sites for hydroxylation is 1. The second-order valence-corrected chi connectivity index (χ2v) is 8.17. The lowest BCUT2D eigenvalue weighted by molar-refractivity contribution is -0.142. The number of nitrogens with zero attached hydrogens (tertiary/aromatic N) is 2. The molecule has 1 N–H and O–H groups in total. The van der Waals surface area contributed by atoms with Crippen molar-refractivity contribution < 1.29 is 14.3 Å². The van der Waals surface area contributed by atoms with Crippen LogP contribution in [0.2, 0.25) is 0 Å². The van der Waals surface area contributed by atoms with Gasteiger partial charge in [-0.25, -0.2) is 0 Å². The first kappa shape index (κ1) is 20.5. The predicted octanol–water partition coefficient (Wildman–Crippen LogP) is 3.16. The summed E-state index contributed by atoms with van der Waals surface area (Å²) in [6.45, 7) is 3.77. The van der Waals surface area contributed by atoms with Crippen LogP contribution in [0, 0.1) is 6.92 Å². The maximum absolute atomic E-state index is 14.0. The topological polar surface area (TPSA) is 71.5 Å². The number of aromatic nitrogens is 1. The lowest BCUT2D eigenvalue weighted by Crippen LogP contribution is -2.49. The summed E-state index contributed by atoms with van der Waals surface area (Å²) in [5.74, 6) is 0.0328. The number of carbonyl (C=O) groups is 2. The second-order valence-electron chi connectivity index (χ2n) is 8.17. The van der Waals surface area contributed by atoms with Gasteiger partial charge in [-0.1, -0.05) is 30.3 Å². The van der Waals surface area contributed by atoms with Gasteiger partial charge in [-0.15, -0.1) is 0 Å². The molecule has 0 aliphatic carbocycles. The van der Waals surface area contributed by atoms with E-state index in [1.165, 1.54) is 0 Å². The van der Waals surface area contributed by atoms with Crippen LogP contribution in [0.25, 0.3) is 0 Å². The first-order valence-corrected chi connectivity index (χ1v) is 10.7. The Balaban J connectivity index is 1.66.